The Morgan fingerprint density at radius 2 is 1.29 bits per heavy atom. The van der Waals surface area contributed by atoms with Gasteiger partial charge in [0.2, 0.25) is 5.91 Å². The summed E-state index contributed by atoms with van der Waals surface area (Å²) in [7, 11) is 0. The van der Waals surface area contributed by atoms with Gasteiger partial charge >= 0.3 is 0 Å². The Morgan fingerprint density at radius 1 is 0.786 bits per heavy atom. The summed E-state index contributed by atoms with van der Waals surface area (Å²) in [6.45, 7) is 0. The second kappa shape index (κ2) is 7.61. The highest BCUT2D eigenvalue weighted by Crippen LogP contribution is 2.59. The highest BCUT2D eigenvalue weighted by molar-refractivity contribution is 6.36. The number of nitrogens with one attached hydrogen (secondary N) is 1. The van der Waals surface area contributed by atoms with Crippen LogP contribution in [0.4, 0.5) is 5.69 Å². The van der Waals surface area contributed by atoms with E-state index in [1.54, 1.807) is 18.2 Å². The number of anilines is 1. The van der Waals surface area contributed by atoms with Crippen LogP contribution < -0.4 is 5.32 Å². The van der Waals surface area contributed by atoms with Crippen LogP contribution in [-0.4, -0.2) is 5.91 Å². The molecule has 1 aliphatic carbocycles. The molecule has 2 nitrogen and oxygen atoms in total. The van der Waals surface area contributed by atoms with E-state index in [1.807, 2.05) is 48.5 Å². The SMILES string of the molecule is O=C(Nc1ccc(Cl)cc1Cl)C1CC1(c1ccc(Cl)cc1)c1ccc(Cl)cc1. The molecule has 0 spiro atoms. The van der Waals surface area contributed by atoms with Crippen LogP contribution in [0.3, 0.4) is 0 Å². The Hall–Kier alpha value is -1.71. The van der Waals surface area contributed by atoms with Gasteiger partial charge in [0.15, 0.2) is 0 Å². The van der Waals surface area contributed by atoms with Crippen LogP contribution in [0.2, 0.25) is 20.1 Å². The predicted octanol–water partition coefficient (Wildman–Crippen LogP) is 7.24. The van der Waals surface area contributed by atoms with E-state index in [2.05, 4.69) is 5.32 Å². The van der Waals surface area contributed by atoms with Gasteiger partial charge in [-0.3, -0.25) is 4.79 Å². The second-order valence-corrected chi connectivity index (χ2v) is 8.57. The number of rotatable bonds is 4. The van der Waals surface area contributed by atoms with Crippen LogP contribution in [0.1, 0.15) is 17.5 Å². The summed E-state index contributed by atoms with van der Waals surface area (Å²) in [5.74, 6) is -0.323. The highest BCUT2D eigenvalue weighted by Gasteiger charge is 2.60. The quantitative estimate of drug-likeness (QED) is 0.445. The average molecular weight is 451 g/mol. The molecule has 28 heavy (non-hydrogen) atoms. The lowest BCUT2D eigenvalue weighted by Crippen LogP contribution is -2.22. The normalized spacial score (nSPS) is 17.2. The average Bonchev–Trinajstić information content (AvgIpc) is 3.42. The second-order valence-electron chi connectivity index (χ2n) is 6.86. The zero-order valence-corrected chi connectivity index (χ0v) is 17.6. The molecule has 142 valence electrons. The van der Waals surface area contributed by atoms with Crippen LogP contribution in [0.5, 0.6) is 0 Å². The van der Waals surface area contributed by atoms with Crippen molar-refractivity contribution in [2.45, 2.75) is 11.8 Å². The van der Waals surface area contributed by atoms with Crippen LogP contribution in [0, 0.1) is 5.92 Å². The molecule has 1 aliphatic rings. The first-order valence-corrected chi connectivity index (χ1v) is 10.2. The maximum absolute atomic E-state index is 13.1. The maximum Gasteiger partial charge on any atom is 0.228 e. The molecule has 0 aliphatic heterocycles. The lowest BCUT2D eigenvalue weighted by atomic mass is 9.85. The minimum absolute atomic E-state index is 0.0888. The first kappa shape index (κ1) is 19.6. The van der Waals surface area contributed by atoms with Gasteiger partial charge in [-0.25, -0.2) is 0 Å². The smallest absolute Gasteiger partial charge is 0.228 e. The van der Waals surface area contributed by atoms with Crippen molar-refractivity contribution < 1.29 is 4.79 Å². The molecule has 3 aromatic rings. The van der Waals surface area contributed by atoms with Gasteiger partial charge in [-0.05, 0) is 60.0 Å². The first-order chi connectivity index (χ1) is 13.4. The Labute approximate surface area is 183 Å². The van der Waals surface area contributed by atoms with Gasteiger partial charge in [-0.1, -0.05) is 70.7 Å². The molecule has 1 unspecified atom stereocenters. The molecule has 1 saturated carbocycles. The van der Waals surface area contributed by atoms with Crippen molar-refractivity contribution in [2.24, 2.45) is 5.92 Å². The molecule has 0 bridgehead atoms. The van der Waals surface area contributed by atoms with Gasteiger partial charge in [-0.2, -0.15) is 0 Å². The van der Waals surface area contributed by atoms with Crippen molar-refractivity contribution >= 4 is 58.0 Å². The number of carbonyl (C=O) groups is 1. The van der Waals surface area contributed by atoms with E-state index in [1.165, 1.54) is 0 Å². The highest BCUT2D eigenvalue weighted by atomic mass is 35.5. The van der Waals surface area contributed by atoms with E-state index in [4.69, 9.17) is 46.4 Å². The van der Waals surface area contributed by atoms with E-state index in [0.717, 1.165) is 11.1 Å². The minimum Gasteiger partial charge on any atom is -0.324 e. The fraction of sp³-hybridized carbons (Fsp3) is 0.136. The van der Waals surface area contributed by atoms with Crippen molar-refractivity contribution in [3.05, 3.63) is 97.9 Å². The third-order valence-corrected chi connectivity index (χ3v) is 6.24. The molecule has 1 atom stereocenters. The Bertz CT molecular complexity index is 986. The predicted molar refractivity (Wildman–Crippen MR) is 117 cm³/mol. The first-order valence-electron chi connectivity index (χ1n) is 8.68. The summed E-state index contributed by atoms with van der Waals surface area (Å²) in [5.41, 5.74) is 2.21. The van der Waals surface area contributed by atoms with Crippen LogP contribution >= 0.6 is 46.4 Å². The van der Waals surface area contributed by atoms with E-state index < -0.39 is 5.41 Å². The number of amides is 1. The zero-order valence-electron chi connectivity index (χ0n) is 14.6. The molecule has 0 saturated heterocycles. The number of benzene rings is 3. The Morgan fingerprint density at radius 3 is 1.79 bits per heavy atom. The monoisotopic (exact) mass is 449 g/mol. The third kappa shape index (κ3) is 3.62. The summed E-state index contributed by atoms with van der Waals surface area (Å²) in [5, 5.41) is 5.18. The van der Waals surface area contributed by atoms with Gasteiger partial charge in [-0.15, -0.1) is 0 Å². The number of halogens is 4. The van der Waals surface area contributed by atoms with Gasteiger partial charge in [0, 0.05) is 20.5 Å². The standard InChI is InChI=1S/C22H15Cl4NO/c23-15-5-1-13(2-6-15)22(14-3-7-16(24)8-4-14)12-18(22)21(28)27-20-10-9-17(25)11-19(20)26/h1-11,18H,12H2,(H,27,28). The van der Waals surface area contributed by atoms with Crippen LogP contribution in [0.15, 0.2) is 66.7 Å². The molecule has 6 heteroatoms. The van der Waals surface area contributed by atoms with E-state index in [9.17, 15) is 4.79 Å². The van der Waals surface area contributed by atoms with Crippen molar-refractivity contribution in [3.63, 3.8) is 0 Å². The largest absolute Gasteiger partial charge is 0.324 e. The molecule has 4 rings (SSSR count). The van der Waals surface area contributed by atoms with E-state index in [0.29, 0.717) is 32.2 Å². The molecule has 1 amide bonds. The summed E-state index contributed by atoms with van der Waals surface area (Å²) in [4.78, 5) is 13.1. The van der Waals surface area contributed by atoms with Gasteiger partial charge < -0.3 is 5.32 Å². The molecule has 0 radical (unpaired) electrons. The van der Waals surface area contributed by atoms with Crippen LogP contribution in [-0.2, 0) is 10.2 Å². The zero-order chi connectivity index (χ0) is 19.9. The Balaban J connectivity index is 1.67. The molecular weight excluding hydrogens is 436 g/mol. The Kier molecular flexibility index (Phi) is 5.32. The van der Waals surface area contributed by atoms with Gasteiger partial charge in [0.1, 0.15) is 0 Å². The fourth-order valence-corrected chi connectivity index (χ4v) is 4.40. The summed E-state index contributed by atoms with van der Waals surface area (Å²) in [6, 6.07) is 20.3. The van der Waals surface area contributed by atoms with E-state index in [-0.39, 0.29) is 11.8 Å². The van der Waals surface area contributed by atoms with Crippen molar-refractivity contribution in [1.82, 2.24) is 0 Å². The molecule has 1 fully saturated rings. The number of carbonyl (C=O) groups excluding carboxylic acids is 1. The fourth-order valence-electron chi connectivity index (χ4n) is 3.69. The third-order valence-electron chi connectivity index (χ3n) is 5.19. The lowest BCUT2D eigenvalue weighted by molar-refractivity contribution is -0.117. The van der Waals surface area contributed by atoms with Gasteiger partial charge in [0.05, 0.1) is 16.6 Å². The molecular formula is C22H15Cl4NO. The number of hydrogen-bond donors (Lipinski definition) is 1. The van der Waals surface area contributed by atoms with Crippen molar-refractivity contribution in [2.75, 3.05) is 5.32 Å². The van der Waals surface area contributed by atoms with Crippen molar-refractivity contribution in [1.29, 1.82) is 0 Å². The molecule has 3 aromatic carbocycles. The van der Waals surface area contributed by atoms with Crippen LogP contribution in [0.25, 0.3) is 0 Å². The summed E-state index contributed by atoms with van der Waals surface area (Å²) >= 11 is 24.3. The summed E-state index contributed by atoms with van der Waals surface area (Å²) in [6.07, 6.45) is 0.688. The minimum atomic E-state index is -0.418. The molecule has 0 aromatic heterocycles. The maximum atomic E-state index is 13.1. The summed E-state index contributed by atoms with van der Waals surface area (Å²) < 4.78 is 0. The lowest BCUT2D eigenvalue weighted by Gasteiger charge is -2.19. The van der Waals surface area contributed by atoms with E-state index >= 15 is 0 Å². The topological polar surface area (TPSA) is 29.1 Å². The van der Waals surface area contributed by atoms with Gasteiger partial charge in [0.25, 0.3) is 0 Å². The molecule has 0 heterocycles. The molecule has 1 N–H and O–H groups in total. The number of hydrogen-bond acceptors (Lipinski definition) is 1. The van der Waals surface area contributed by atoms with Crippen molar-refractivity contribution in [3.8, 4) is 0 Å².